The maximum atomic E-state index is 12.4. The summed E-state index contributed by atoms with van der Waals surface area (Å²) in [6.45, 7) is -0.684. The van der Waals surface area contributed by atoms with Crippen LogP contribution in [0.25, 0.3) is 27.3 Å². The molecular weight excluding hydrogens is 380 g/mol. The fourth-order valence-corrected chi connectivity index (χ4v) is 3.56. The number of phenolic OH excluding ortho intramolecular Hbond substituents is 2. The van der Waals surface area contributed by atoms with Crippen LogP contribution in [0.4, 0.5) is 0 Å². The number of aliphatic hydroxyl groups excluding tert-OH is 2. The normalized spacial score (nSPS) is 13.9. The van der Waals surface area contributed by atoms with Gasteiger partial charge in [-0.1, -0.05) is 6.07 Å². The van der Waals surface area contributed by atoms with Crippen molar-refractivity contribution in [2.75, 3.05) is 13.7 Å². The lowest BCUT2D eigenvalue weighted by Crippen LogP contribution is -2.24. The molecule has 0 bridgehead atoms. The smallest absolute Gasteiger partial charge is 0.271 e. The average Bonchev–Trinajstić information content (AvgIpc) is 2.72. The van der Waals surface area contributed by atoms with E-state index in [1.807, 2.05) is 0 Å². The number of ether oxygens (including phenoxy) is 1. The van der Waals surface area contributed by atoms with Crippen molar-refractivity contribution in [1.82, 2.24) is 0 Å². The van der Waals surface area contributed by atoms with Crippen molar-refractivity contribution in [2.24, 2.45) is 0 Å². The number of benzene rings is 3. The van der Waals surface area contributed by atoms with Crippen molar-refractivity contribution in [3.63, 3.8) is 0 Å². The molecule has 0 aromatic heterocycles. The number of rotatable bonds is 3. The zero-order chi connectivity index (χ0) is 21.0. The molecule has 0 atom stereocenters. The molecule has 1 aliphatic rings. The number of fused-ring (bicyclic) bond motifs is 3. The lowest BCUT2D eigenvalue weighted by molar-refractivity contribution is -0.114. The summed E-state index contributed by atoms with van der Waals surface area (Å²) in [6.07, 6.45) is 0. The van der Waals surface area contributed by atoms with Gasteiger partial charge in [-0.3, -0.25) is 14.4 Å². The van der Waals surface area contributed by atoms with Crippen LogP contribution in [0.1, 0.15) is 26.3 Å². The molecular formula is C21H14O8. The summed E-state index contributed by atoms with van der Waals surface area (Å²) in [5.74, 6) is -4.81. The van der Waals surface area contributed by atoms with Crippen molar-refractivity contribution >= 4 is 44.7 Å². The Balaban J connectivity index is 2.12. The summed E-state index contributed by atoms with van der Waals surface area (Å²) in [4.78, 5) is 36.2. The van der Waals surface area contributed by atoms with Crippen molar-refractivity contribution < 1.29 is 39.5 Å². The summed E-state index contributed by atoms with van der Waals surface area (Å²) in [5.41, 5.74) is -0.170. The largest absolute Gasteiger partial charge is 0.507 e. The Morgan fingerprint density at radius 2 is 1.62 bits per heavy atom. The van der Waals surface area contributed by atoms with E-state index < -0.39 is 35.5 Å². The molecule has 0 unspecified atom stereocenters. The quantitative estimate of drug-likeness (QED) is 0.301. The molecule has 0 saturated heterocycles. The lowest BCUT2D eigenvalue weighted by atomic mass is 9.87. The highest BCUT2D eigenvalue weighted by Gasteiger charge is 2.37. The van der Waals surface area contributed by atoms with Crippen molar-refractivity contribution in [2.45, 2.75) is 0 Å². The van der Waals surface area contributed by atoms with Gasteiger partial charge in [0.05, 0.1) is 12.7 Å². The number of hydrogen-bond acceptors (Lipinski definition) is 8. The van der Waals surface area contributed by atoms with Crippen LogP contribution in [0.5, 0.6) is 11.5 Å². The van der Waals surface area contributed by atoms with E-state index in [-0.39, 0.29) is 39.0 Å². The van der Waals surface area contributed by atoms with Gasteiger partial charge in [0, 0.05) is 27.3 Å². The van der Waals surface area contributed by atoms with E-state index in [9.17, 15) is 29.7 Å². The van der Waals surface area contributed by atoms with Gasteiger partial charge in [-0.05, 0) is 29.7 Å². The molecule has 4 N–H and O–H groups in total. The Kier molecular flexibility index (Phi) is 4.02. The number of carbonyl (C=O) groups is 3. The van der Waals surface area contributed by atoms with Crippen LogP contribution in [-0.4, -0.2) is 51.5 Å². The fourth-order valence-electron chi connectivity index (χ4n) is 3.56. The Bertz CT molecular complexity index is 1300. The van der Waals surface area contributed by atoms with Gasteiger partial charge in [-0.2, -0.15) is 0 Å². The number of aromatic hydroxyl groups is 2. The number of phenols is 2. The Hall–Kier alpha value is -3.91. The minimum Gasteiger partial charge on any atom is -0.507 e. The molecule has 0 radical (unpaired) electrons. The van der Waals surface area contributed by atoms with E-state index in [0.29, 0.717) is 10.8 Å². The minimum absolute atomic E-state index is 0.0265. The zero-order valence-corrected chi connectivity index (χ0v) is 15.0. The second-order valence-electron chi connectivity index (χ2n) is 6.53. The maximum Gasteiger partial charge on any atom is 0.271 e. The lowest BCUT2D eigenvalue weighted by Gasteiger charge is -2.20. The average molecular weight is 394 g/mol. The first-order valence-electron chi connectivity index (χ1n) is 8.46. The third-order valence-corrected chi connectivity index (χ3v) is 4.98. The molecule has 0 fully saturated rings. The van der Waals surface area contributed by atoms with Crippen LogP contribution < -0.4 is 0 Å². The van der Waals surface area contributed by atoms with E-state index in [0.717, 1.165) is 0 Å². The molecule has 29 heavy (non-hydrogen) atoms. The second kappa shape index (κ2) is 6.32. The molecule has 0 amide bonds. The number of ketones is 3. The topological polar surface area (TPSA) is 141 Å². The van der Waals surface area contributed by atoms with E-state index >= 15 is 0 Å². The molecule has 146 valence electrons. The molecule has 3 aromatic carbocycles. The molecule has 4 rings (SSSR count). The van der Waals surface area contributed by atoms with Gasteiger partial charge in [0.2, 0.25) is 11.5 Å². The molecule has 1 aliphatic carbocycles. The number of allylic oxidation sites excluding steroid dienone is 1. The number of aliphatic hydroxyl groups is 2. The molecule has 0 saturated carbocycles. The summed E-state index contributed by atoms with van der Waals surface area (Å²) < 4.78 is 5.04. The Morgan fingerprint density at radius 1 is 0.931 bits per heavy atom. The van der Waals surface area contributed by atoms with Crippen LogP contribution >= 0.6 is 0 Å². The second-order valence-corrected chi connectivity index (χ2v) is 6.53. The Labute approximate surface area is 162 Å². The van der Waals surface area contributed by atoms with Crippen LogP contribution in [0.3, 0.4) is 0 Å². The van der Waals surface area contributed by atoms with E-state index in [4.69, 9.17) is 9.84 Å². The SMILES string of the molecule is COC1=C(O)C(=O)C(=O)c2c1cc1c(O)c3ccc(C(=O)CO)cc3cc1c2O. The minimum atomic E-state index is -1.22. The third kappa shape index (κ3) is 2.46. The first-order chi connectivity index (χ1) is 13.8. The first kappa shape index (κ1) is 18.5. The highest BCUT2D eigenvalue weighted by atomic mass is 16.5. The maximum absolute atomic E-state index is 12.4. The number of Topliss-reactive ketones (excluding diaryl/α,β-unsaturated/α-hetero) is 3. The molecule has 0 heterocycles. The van der Waals surface area contributed by atoms with Crippen LogP contribution in [0.2, 0.25) is 0 Å². The highest BCUT2D eigenvalue weighted by molar-refractivity contribution is 6.52. The third-order valence-electron chi connectivity index (χ3n) is 4.98. The van der Waals surface area contributed by atoms with Gasteiger partial charge in [0.25, 0.3) is 5.78 Å². The van der Waals surface area contributed by atoms with Crippen LogP contribution in [-0.2, 0) is 9.53 Å². The zero-order valence-electron chi connectivity index (χ0n) is 15.0. The van der Waals surface area contributed by atoms with Gasteiger partial charge in [-0.25, -0.2) is 0 Å². The Morgan fingerprint density at radius 3 is 2.28 bits per heavy atom. The van der Waals surface area contributed by atoms with Gasteiger partial charge in [0.1, 0.15) is 18.1 Å². The van der Waals surface area contributed by atoms with Gasteiger partial charge >= 0.3 is 0 Å². The predicted octanol–water partition coefficient (Wildman–Crippen LogP) is 2.22. The highest BCUT2D eigenvalue weighted by Crippen LogP contribution is 2.44. The predicted molar refractivity (Wildman–Crippen MR) is 102 cm³/mol. The van der Waals surface area contributed by atoms with Crippen LogP contribution in [0, 0.1) is 0 Å². The van der Waals surface area contributed by atoms with Crippen molar-refractivity contribution in [1.29, 1.82) is 0 Å². The summed E-state index contributed by atoms with van der Waals surface area (Å²) in [5, 5.41) is 41.4. The number of hydrogen-bond donors (Lipinski definition) is 4. The van der Waals surface area contributed by atoms with Crippen LogP contribution in [0.15, 0.2) is 36.1 Å². The summed E-state index contributed by atoms with van der Waals surface area (Å²) >= 11 is 0. The molecule has 0 aliphatic heterocycles. The van der Waals surface area contributed by atoms with E-state index in [1.165, 1.54) is 37.4 Å². The monoisotopic (exact) mass is 394 g/mol. The van der Waals surface area contributed by atoms with Gasteiger partial charge < -0.3 is 25.2 Å². The van der Waals surface area contributed by atoms with E-state index in [2.05, 4.69) is 0 Å². The van der Waals surface area contributed by atoms with Gasteiger partial charge in [0.15, 0.2) is 11.5 Å². The van der Waals surface area contributed by atoms with Gasteiger partial charge in [-0.15, -0.1) is 0 Å². The summed E-state index contributed by atoms with van der Waals surface area (Å²) in [7, 11) is 1.19. The first-order valence-corrected chi connectivity index (χ1v) is 8.46. The molecule has 3 aromatic rings. The van der Waals surface area contributed by atoms with E-state index in [1.54, 1.807) is 0 Å². The van der Waals surface area contributed by atoms with Crippen molar-refractivity contribution in [3.05, 3.63) is 52.8 Å². The molecule has 8 nitrogen and oxygen atoms in total. The standard InChI is InChI=1S/C21H14O8/c1-29-21-13-6-12-11(17(25)15(13)18(26)19(27)20(21)28)5-9-4-8(14(23)7-22)2-3-10(9)16(12)24/h2-6,22,24-25,28H,7H2,1H3. The molecule has 8 heteroatoms. The number of methoxy groups -OCH3 is 1. The fraction of sp³-hybridized carbons (Fsp3) is 0.0952. The summed E-state index contributed by atoms with van der Waals surface area (Å²) in [6, 6.07) is 7.16. The molecule has 0 spiro atoms. The van der Waals surface area contributed by atoms with Crippen molar-refractivity contribution in [3.8, 4) is 11.5 Å². The number of carbonyl (C=O) groups excluding carboxylic acids is 3.